The van der Waals surface area contributed by atoms with Gasteiger partial charge in [-0.05, 0) is 37.4 Å². The maximum atomic E-state index is 6.24. The van der Waals surface area contributed by atoms with Gasteiger partial charge in [-0.1, -0.05) is 35.5 Å². The fourth-order valence-corrected chi connectivity index (χ4v) is 4.28. The number of hydrogen-bond donors (Lipinski definition) is 1. The second-order valence-electron chi connectivity index (χ2n) is 6.24. The van der Waals surface area contributed by atoms with E-state index < -0.39 is 0 Å². The highest BCUT2D eigenvalue weighted by molar-refractivity contribution is 7.99. The molecule has 132 valence electrons. The Kier molecular flexibility index (Phi) is 5.17. The Labute approximate surface area is 157 Å². The predicted molar refractivity (Wildman–Crippen MR) is 102 cm³/mol. The zero-order valence-corrected chi connectivity index (χ0v) is 15.7. The molecule has 0 amide bonds. The first-order chi connectivity index (χ1) is 12.2. The van der Waals surface area contributed by atoms with E-state index in [2.05, 4.69) is 52.7 Å². The summed E-state index contributed by atoms with van der Waals surface area (Å²) in [6.07, 6.45) is 0. The molecule has 0 atom stereocenters. The molecule has 0 spiro atoms. The molecule has 0 aliphatic carbocycles. The van der Waals surface area contributed by atoms with E-state index in [1.54, 1.807) is 11.8 Å². The molecule has 2 aliphatic rings. The molecule has 1 fully saturated rings. The van der Waals surface area contributed by atoms with Gasteiger partial charge in [-0.25, -0.2) is 4.94 Å². The standard InChI is InChI=1S/C18H21ClN4OS/c1-21-8-10-22(11-9-21)24-20-13-23-15-4-2-3-5-17(15)25-18-7-6-14(19)12-16(18)23/h2-7,12,20H,8-11,13H2,1H3. The van der Waals surface area contributed by atoms with Gasteiger partial charge in [0.1, 0.15) is 0 Å². The topological polar surface area (TPSA) is 31.0 Å². The summed E-state index contributed by atoms with van der Waals surface area (Å²) in [7, 11) is 2.13. The number of nitrogens with zero attached hydrogens (tertiary/aromatic N) is 3. The van der Waals surface area contributed by atoms with Crippen LogP contribution in [0, 0.1) is 0 Å². The van der Waals surface area contributed by atoms with Gasteiger partial charge in [-0.3, -0.25) is 0 Å². The van der Waals surface area contributed by atoms with Crippen LogP contribution in [0.2, 0.25) is 5.02 Å². The molecule has 1 N–H and O–H groups in total. The smallest absolute Gasteiger partial charge is 0.0984 e. The lowest BCUT2D eigenvalue weighted by atomic mass is 10.2. The number of likely N-dealkylation sites (N-methyl/N-ethyl adjacent to an activating group) is 1. The van der Waals surface area contributed by atoms with Gasteiger partial charge in [0.25, 0.3) is 0 Å². The first-order valence-electron chi connectivity index (χ1n) is 8.38. The van der Waals surface area contributed by atoms with Crippen LogP contribution >= 0.6 is 23.4 Å². The molecule has 1 saturated heterocycles. The molecule has 0 saturated carbocycles. The molecule has 2 aliphatic heterocycles. The summed E-state index contributed by atoms with van der Waals surface area (Å²) in [5.74, 6) is 0. The van der Waals surface area contributed by atoms with Gasteiger partial charge in [0.2, 0.25) is 0 Å². The van der Waals surface area contributed by atoms with Crippen molar-refractivity contribution in [2.24, 2.45) is 0 Å². The van der Waals surface area contributed by atoms with Crippen LogP contribution in [0.25, 0.3) is 0 Å². The number of piperazine rings is 1. The van der Waals surface area contributed by atoms with Crippen LogP contribution in [-0.4, -0.2) is 49.9 Å². The normalized spacial score (nSPS) is 18.1. The van der Waals surface area contributed by atoms with Gasteiger partial charge >= 0.3 is 0 Å². The van der Waals surface area contributed by atoms with Crippen LogP contribution in [0.5, 0.6) is 0 Å². The molecule has 2 heterocycles. The number of anilines is 2. The Morgan fingerprint density at radius 1 is 1.04 bits per heavy atom. The van der Waals surface area contributed by atoms with Crippen molar-refractivity contribution < 1.29 is 4.94 Å². The highest BCUT2D eigenvalue weighted by Gasteiger charge is 2.23. The van der Waals surface area contributed by atoms with Crippen LogP contribution in [0.1, 0.15) is 0 Å². The van der Waals surface area contributed by atoms with Crippen molar-refractivity contribution in [3.05, 3.63) is 47.5 Å². The lowest BCUT2D eigenvalue weighted by Crippen LogP contribution is -2.47. The minimum absolute atomic E-state index is 0.553. The van der Waals surface area contributed by atoms with Crippen LogP contribution in [0.15, 0.2) is 52.3 Å². The van der Waals surface area contributed by atoms with Crippen molar-refractivity contribution in [2.75, 3.05) is 44.8 Å². The number of hydroxylamine groups is 3. The number of halogens is 1. The fourth-order valence-electron chi connectivity index (χ4n) is 3.04. The van der Waals surface area contributed by atoms with Gasteiger partial charge < -0.3 is 9.80 Å². The second-order valence-corrected chi connectivity index (χ2v) is 7.76. The summed E-state index contributed by atoms with van der Waals surface area (Å²) < 4.78 is 0. The first kappa shape index (κ1) is 17.1. The van der Waals surface area contributed by atoms with E-state index in [1.807, 2.05) is 17.2 Å². The molecule has 7 heteroatoms. The molecule has 0 aromatic heterocycles. The Hall–Kier alpha value is -1.28. The van der Waals surface area contributed by atoms with Crippen molar-refractivity contribution in [1.82, 2.24) is 15.4 Å². The summed E-state index contributed by atoms with van der Waals surface area (Å²) in [5.41, 5.74) is 5.39. The van der Waals surface area contributed by atoms with Gasteiger partial charge in [-0.15, -0.1) is 0 Å². The highest BCUT2D eigenvalue weighted by atomic mass is 35.5. The Balaban J connectivity index is 1.49. The van der Waals surface area contributed by atoms with Crippen LogP contribution < -0.4 is 10.4 Å². The van der Waals surface area contributed by atoms with Gasteiger partial charge in [0.15, 0.2) is 0 Å². The number of fused-ring (bicyclic) bond motifs is 2. The van der Waals surface area contributed by atoms with Gasteiger partial charge in [0, 0.05) is 41.0 Å². The van der Waals surface area contributed by atoms with E-state index in [1.165, 1.54) is 9.79 Å². The maximum Gasteiger partial charge on any atom is 0.0984 e. The molecule has 2 aromatic carbocycles. The van der Waals surface area contributed by atoms with Crippen molar-refractivity contribution >= 4 is 34.7 Å². The van der Waals surface area contributed by atoms with E-state index in [0.29, 0.717) is 6.67 Å². The van der Waals surface area contributed by atoms with E-state index in [0.717, 1.165) is 42.6 Å². The third-order valence-corrected chi connectivity index (χ3v) is 5.83. The van der Waals surface area contributed by atoms with Gasteiger partial charge in [0.05, 0.1) is 18.0 Å². The van der Waals surface area contributed by atoms with Crippen molar-refractivity contribution in [1.29, 1.82) is 0 Å². The van der Waals surface area contributed by atoms with Crippen molar-refractivity contribution in [3.63, 3.8) is 0 Å². The molecule has 25 heavy (non-hydrogen) atoms. The predicted octanol–water partition coefficient (Wildman–Crippen LogP) is 3.58. The summed E-state index contributed by atoms with van der Waals surface area (Å²) in [4.78, 5) is 12.7. The monoisotopic (exact) mass is 376 g/mol. The quantitative estimate of drug-likeness (QED) is 0.821. The average molecular weight is 377 g/mol. The highest BCUT2D eigenvalue weighted by Crippen LogP contribution is 2.48. The lowest BCUT2D eigenvalue weighted by Gasteiger charge is -2.34. The summed E-state index contributed by atoms with van der Waals surface area (Å²) in [6, 6.07) is 14.4. The zero-order valence-electron chi connectivity index (χ0n) is 14.1. The van der Waals surface area contributed by atoms with Crippen molar-refractivity contribution in [2.45, 2.75) is 9.79 Å². The number of hydrogen-bond acceptors (Lipinski definition) is 6. The van der Waals surface area contributed by atoms with Crippen LogP contribution in [0.4, 0.5) is 11.4 Å². The number of para-hydroxylation sites is 1. The zero-order chi connectivity index (χ0) is 17.2. The molecule has 4 rings (SSSR count). The van der Waals surface area contributed by atoms with E-state index in [4.69, 9.17) is 16.5 Å². The van der Waals surface area contributed by atoms with E-state index >= 15 is 0 Å². The number of nitrogens with one attached hydrogen (secondary N) is 1. The maximum absolute atomic E-state index is 6.24. The molecule has 0 radical (unpaired) electrons. The average Bonchev–Trinajstić information content (AvgIpc) is 2.63. The SMILES string of the molecule is CN1CCN(ONCN2c3ccccc3Sc3ccc(Cl)cc32)CC1. The molecule has 0 unspecified atom stereocenters. The first-order valence-corrected chi connectivity index (χ1v) is 9.57. The summed E-state index contributed by atoms with van der Waals surface area (Å²) in [6.45, 7) is 4.39. The summed E-state index contributed by atoms with van der Waals surface area (Å²) >= 11 is 8.01. The largest absolute Gasteiger partial charge is 0.324 e. The Bertz CT molecular complexity index is 752. The molecule has 0 bridgehead atoms. The fraction of sp³-hybridized carbons (Fsp3) is 0.333. The molecule has 5 nitrogen and oxygen atoms in total. The second kappa shape index (κ2) is 7.53. The minimum Gasteiger partial charge on any atom is -0.324 e. The Morgan fingerprint density at radius 3 is 2.64 bits per heavy atom. The molecule has 2 aromatic rings. The molecular weight excluding hydrogens is 356 g/mol. The number of benzene rings is 2. The summed E-state index contributed by atoms with van der Waals surface area (Å²) in [5, 5.41) is 2.72. The van der Waals surface area contributed by atoms with E-state index in [-0.39, 0.29) is 0 Å². The Morgan fingerprint density at radius 2 is 1.80 bits per heavy atom. The minimum atomic E-state index is 0.553. The third-order valence-electron chi connectivity index (χ3n) is 4.47. The van der Waals surface area contributed by atoms with Crippen LogP contribution in [0.3, 0.4) is 0 Å². The van der Waals surface area contributed by atoms with Crippen molar-refractivity contribution in [3.8, 4) is 0 Å². The third kappa shape index (κ3) is 3.79. The van der Waals surface area contributed by atoms with Gasteiger partial charge in [-0.2, -0.15) is 10.5 Å². The lowest BCUT2D eigenvalue weighted by molar-refractivity contribution is -0.221. The number of rotatable bonds is 4. The van der Waals surface area contributed by atoms with E-state index in [9.17, 15) is 0 Å². The molecular formula is C18H21ClN4OS. The van der Waals surface area contributed by atoms with Crippen LogP contribution in [-0.2, 0) is 4.94 Å².